The fourth-order valence-electron chi connectivity index (χ4n) is 2.89. The highest BCUT2D eigenvalue weighted by Crippen LogP contribution is 2.38. The molecule has 0 radical (unpaired) electrons. The lowest BCUT2D eigenvalue weighted by Gasteiger charge is -2.27. The van der Waals surface area contributed by atoms with E-state index in [1.165, 1.54) is 0 Å². The number of benzene rings is 2. The van der Waals surface area contributed by atoms with Crippen LogP contribution in [0.3, 0.4) is 0 Å². The van der Waals surface area contributed by atoms with Crippen LogP contribution in [0.25, 0.3) is 0 Å². The van der Waals surface area contributed by atoms with Gasteiger partial charge in [0.15, 0.2) is 0 Å². The third-order valence-corrected chi connectivity index (χ3v) is 5.51. The number of hydrogen-bond donors (Lipinski definition) is 0. The van der Waals surface area contributed by atoms with Crippen molar-refractivity contribution in [2.24, 2.45) is 0 Å². The molecule has 2 aromatic rings. The van der Waals surface area contributed by atoms with Crippen LogP contribution >= 0.6 is 0 Å². The van der Waals surface area contributed by atoms with E-state index in [0.717, 1.165) is 16.7 Å². The number of nitriles is 1. The van der Waals surface area contributed by atoms with Gasteiger partial charge in [0.25, 0.3) is 0 Å². The monoisotopic (exact) mass is 347 g/mol. The Balaban J connectivity index is 2.61. The van der Waals surface area contributed by atoms with Gasteiger partial charge >= 0.3 is 0 Å². The van der Waals surface area contributed by atoms with Crippen LogP contribution in [0.1, 0.15) is 30.9 Å². The fraction of sp³-hybridized carbons (Fsp3) is 0.227. The summed E-state index contributed by atoms with van der Waals surface area (Å²) in [6.07, 6.45) is 6.24. The Kier molecular flexibility index (Phi) is 5.97. The van der Waals surface area contributed by atoms with Gasteiger partial charge in [-0.1, -0.05) is 41.5 Å². The molecule has 2 aromatic carbocycles. The third kappa shape index (κ3) is 4.08. The molecule has 0 fully saturated rings. The zero-order chi connectivity index (χ0) is 18.4. The third-order valence-electron chi connectivity index (χ3n) is 4.06. The molecule has 126 valence electrons. The highest BCUT2D eigenvalue weighted by molar-refractivity contribution is 7.85. The minimum atomic E-state index is -1.38. The summed E-state index contributed by atoms with van der Waals surface area (Å²) in [6, 6.07) is 17.3. The van der Waals surface area contributed by atoms with E-state index in [1.54, 1.807) is 0 Å². The molecule has 0 aliphatic carbocycles. The lowest BCUT2D eigenvalue weighted by Crippen LogP contribution is -2.26. The molecule has 0 heterocycles. The van der Waals surface area contributed by atoms with E-state index in [4.69, 9.17) is 6.42 Å². The van der Waals surface area contributed by atoms with Crippen molar-refractivity contribution in [1.29, 1.82) is 5.26 Å². The van der Waals surface area contributed by atoms with E-state index >= 15 is 0 Å². The summed E-state index contributed by atoms with van der Waals surface area (Å²) < 4.78 is 13.2. The predicted octanol–water partition coefficient (Wildman–Crippen LogP) is 4.91. The number of allylic oxidation sites excluding steroid dienone is 1. The van der Waals surface area contributed by atoms with E-state index in [0.29, 0.717) is 16.2 Å². The Hall–Kier alpha value is -2.62. The molecule has 3 heteroatoms. The molecule has 0 bridgehead atoms. The van der Waals surface area contributed by atoms with Gasteiger partial charge in [0, 0.05) is 16.2 Å². The highest BCUT2D eigenvalue weighted by Gasteiger charge is 2.35. The molecular formula is C22H21NOS. The number of aryl methyl sites for hydroxylation is 1. The van der Waals surface area contributed by atoms with E-state index in [9.17, 15) is 9.47 Å². The standard InChI is InChI=1S/C22H21NOS/c1-5-14-22(16-23,15-17(2)3)20-8-6-7-9-21(20)25(24)19-12-10-18(4)11-13-19/h1,6-13H,2,14-15H2,3-4H3/t22-,25?/m0/s1. The molecule has 0 aliphatic rings. The van der Waals surface area contributed by atoms with Gasteiger partial charge in [-0.15, -0.1) is 18.9 Å². The Morgan fingerprint density at radius 3 is 2.44 bits per heavy atom. The molecule has 0 N–H and O–H groups in total. The van der Waals surface area contributed by atoms with Crippen molar-refractivity contribution in [3.63, 3.8) is 0 Å². The van der Waals surface area contributed by atoms with Gasteiger partial charge in [-0.2, -0.15) is 5.26 Å². The molecule has 25 heavy (non-hydrogen) atoms. The maximum Gasteiger partial charge on any atom is 0.0979 e. The first-order chi connectivity index (χ1) is 11.9. The second-order valence-corrected chi connectivity index (χ2v) is 7.74. The van der Waals surface area contributed by atoms with E-state index < -0.39 is 16.2 Å². The van der Waals surface area contributed by atoms with Crippen LogP contribution < -0.4 is 0 Å². The molecule has 2 rings (SSSR count). The molecule has 1 unspecified atom stereocenters. The Bertz CT molecular complexity index is 883. The Labute approximate surface area is 152 Å². The maximum absolute atomic E-state index is 13.2. The van der Waals surface area contributed by atoms with Crippen molar-refractivity contribution in [3.8, 4) is 18.4 Å². The molecule has 0 saturated heterocycles. The SMILES string of the molecule is C#CC[C@@](C#N)(CC(=C)C)c1ccccc1S(=O)c1ccc(C)cc1. The molecular weight excluding hydrogens is 326 g/mol. The van der Waals surface area contributed by atoms with Crippen LogP contribution in [0.5, 0.6) is 0 Å². The van der Waals surface area contributed by atoms with Crippen LogP contribution in [0, 0.1) is 30.6 Å². The largest absolute Gasteiger partial charge is 0.249 e. The molecule has 0 amide bonds. The summed E-state index contributed by atoms with van der Waals surface area (Å²) in [4.78, 5) is 1.34. The minimum absolute atomic E-state index is 0.248. The summed E-state index contributed by atoms with van der Waals surface area (Å²) in [5, 5.41) is 9.94. The first-order valence-electron chi connectivity index (χ1n) is 8.00. The van der Waals surface area contributed by atoms with Gasteiger partial charge in [-0.05, 0) is 44.0 Å². The van der Waals surface area contributed by atoms with Crippen LogP contribution in [0.15, 0.2) is 70.5 Å². The van der Waals surface area contributed by atoms with Crippen molar-refractivity contribution in [3.05, 3.63) is 71.8 Å². The average molecular weight is 347 g/mol. The summed E-state index contributed by atoms with van der Waals surface area (Å²) in [6.45, 7) is 7.81. The predicted molar refractivity (Wildman–Crippen MR) is 102 cm³/mol. The van der Waals surface area contributed by atoms with Crippen molar-refractivity contribution >= 4 is 10.8 Å². The highest BCUT2D eigenvalue weighted by atomic mass is 32.2. The van der Waals surface area contributed by atoms with Crippen LogP contribution in [0.4, 0.5) is 0 Å². The number of terminal acetylenes is 1. The number of hydrogen-bond acceptors (Lipinski definition) is 2. The summed E-state index contributed by atoms with van der Waals surface area (Å²) in [5.74, 6) is 2.61. The normalized spacial score (nSPS) is 13.9. The van der Waals surface area contributed by atoms with E-state index in [2.05, 4.69) is 18.6 Å². The first kappa shape index (κ1) is 18.7. The van der Waals surface area contributed by atoms with Gasteiger partial charge in [0.2, 0.25) is 0 Å². The first-order valence-corrected chi connectivity index (χ1v) is 9.15. The molecule has 2 atom stereocenters. The number of rotatable bonds is 6. The van der Waals surface area contributed by atoms with Crippen LogP contribution in [0.2, 0.25) is 0 Å². The van der Waals surface area contributed by atoms with E-state index in [1.807, 2.05) is 62.4 Å². The average Bonchev–Trinajstić information content (AvgIpc) is 2.61. The van der Waals surface area contributed by atoms with Crippen molar-refractivity contribution in [1.82, 2.24) is 0 Å². The molecule has 0 saturated carbocycles. The smallest absolute Gasteiger partial charge is 0.0979 e. The zero-order valence-corrected chi connectivity index (χ0v) is 15.4. The topological polar surface area (TPSA) is 40.9 Å². The number of nitrogens with zero attached hydrogens (tertiary/aromatic N) is 1. The van der Waals surface area contributed by atoms with Crippen LogP contribution in [-0.2, 0) is 16.2 Å². The molecule has 0 aromatic heterocycles. The summed E-state index contributed by atoms with van der Waals surface area (Å²) >= 11 is 0. The second-order valence-electron chi connectivity index (χ2n) is 6.29. The quantitative estimate of drug-likeness (QED) is 0.550. The zero-order valence-electron chi connectivity index (χ0n) is 14.6. The second kappa shape index (κ2) is 7.97. The van der Waals surface area contributed by atoms with Crippen molar-refractivity contribution in [2.45, 2.75) is 41.9 Å². The van der Waals surface area contributed by atoms with Gasteiger partial charge in [0.1, 0.15) is 0 Å². The summed E-state index contributed by atoms with van der Waals surface area (Å²) in [5.41, 5.74) is 1.78. The van der Waals surface area contributed by atoms with Gasteiger partial charge in [-0.25, -0.2) is 4.21 Å². The fourth-order valence-corrected chi connectivity index (χ4v) is 4.20. The Morgan fingerprint density at radius 1 is 1.24 bits per heavy atom. The van der Waals surface area contributed by atoms with Gasteiger partial charge in [0.05, 0.1) is 22.3 Å². The molecule has 2 nitrogen and oxygen atoms in total. The maximum atomic E-state index is 13.2. The van der Waals surface area contributed by atoms with Crippen molar-refractivity contribution < 1.29 is 4.21 Å². The minimum Gasteiger partial charge on any atom is -0.249 e. The van der Waals surface area contributed by atoms with Crippen molar-refractivity contribution in [2.75, 3.05) is 0 Å². The molecule has 0 spiro atoms. The van der Waals surface area contributed by atoms with Crippen LogP contribution in [-0.4, -0.2) is 4.21 Å². The van der Waals surface area contributed by atoms with Gasteiger partial charge < -0.3 is 0 Å². The van der Waals surface area contributed by atoms with Gasteiger partial charge in [-0.3, -0.25) is 0 Å². The lowest BCUT2D eigenvalue weighted by molar-refractivity contribution is 0.547. The Morgan fingerprint density at radius 2 is 1.88 bits per heavy atom. The molecule has 0 aliphatic heterocycles. The van der Waals surface area contributed by atoms with E-state index in [-0.39, 0.29) is 6.42 Å². The lowest BCUT2D eigenvalue weighted by atomic mass is 9.74. The summed E-state index contributed by atoms with van der Waals surface area (Å²) in [7, 11) is -1.38.